The van der Waals surface area contributed by atoms with Gasteiger partial charge in [-0.25, -0.2) is 13.8 Å². The monoisotopic (exact) mass is 458 g/mol. The fourth-order valence-corrected chi connectivity index (χ4v) is 5.27. The molecule has 8 nitrogen and oxygen atoms in total. The summed E-state index contributed by atoms with van der Waals surface area (Å²) in [7, 11) is -3.62. The Kier molecular flexibility index (Phi) is 7.87. The lowest BCUT2D eigenvalue weighted by Gasteiger charge is -2.25. The van der Waals surface area contributed by atoms with Crippen LogP contribution in [0, 0.1) is 0 Å². The van der Waals surface area contributed by atoms with Gasteiger partial charge in [-0.3, -0.25) is 4.79 Å². The number of benzene rings is 2. The summed E-state index contributed by atoms with van der Waals surface area (Å²) in [6.45, 7) is 6.73. The van der Waals surface area contributed by atoms with Gasteiger partial charge in [0.1, 0.15) is 5.75 Å². The Morgan fingerprint density at radius 3 is 2.50 bits per heavy atom. The predicted octanol–water partition coefficient (Wildman–Crippen LogP) is 3.18. The first-order valence-electron chi connectivity index (χ1n) is 10.9. The number of anilines is 1. The van der Waals surface area contributed by atoms with Crippen LogP contribution in [0.4, 0.5) is 5.69 Å². The molecule has 1 aliphatic heterocycles. The number of hydrogen-bond donors (Lipinski definition) is 2. The Hall–Kier alpha value is -2.91. The number of piperidine rings is 1. The average molecular weight is 459 g/mol. The van der Waals surface area contributed by atoms with Gasteiger partial charge in [0.25, 0.3) is 5.91 Å². The fraction of sp³-hybridized carbons (Fsp3) is 0.391. The van der Waals surface area contributed by atoms with Crippen molar-refractivity contribution in [3.05, 3.63) is 53.6 Å². The van der Waals surface area contributed by atoms with Crippen LogP contribution in [0.3, 0.4) is 0 Å². The first kappa shape index (κ1) is 23.7. The molecule has 3 rings (SSSR count). The molecule has 0 saturated carbocycles. The summed E-state index contributed by atoms with van der Waals surface area (Å²) < 4.78 is 27.2. The number of amides is 1. The van der Waals surface area contributed by atoms with Crippen LogP contribution in [-0.4, -0.2) is 56.1 Å². The highest BCUT2D eigenvalue weighted by Gasteiger charge is 2.26. The first-order chi connectivity index (χ1) is 15.4. The van der Waals surface area contributed by atoms with Crippen molar-refractivity contribution in [1.29, 1.82) is 0 Å². The topological polar surface area (TPSA) is 102 Å². The van der Waals surface area contributed by atoms with Crippen LogP contribution in [0.25, 0.3) is 0 Å². The molecule has 0 atom stereocenters. The summed E-state index contributed by atoms with van der Waals surface area (Å²) in [6, 6.07) is 11.2. The minimum atomic E-state index is -3.62. The van der Waals surface area contributed by atoms with E-state index in [4.69, 9.17) is 0 Å². The number of sulfonamides is 1. The van der Waals surface area contributed by atoms with Crippen LogP contribution in [-0.2, 0) is 10.0 Å². The van der Waals surface area contributed by atoms with E-state index in [1.54, 1.807) is 18.2 Å². The highest BCUT2D eigenvalue weighted by atomic mass is 32.2. The lowest BCUT2D eigenvalue weighted by molar-refractivity contribution is 0.0955. The van der Waals surface area contributed by atoms with Gasteiger partial charge in [0.15, 0.2) is 0 Å². The molecular formula is C23H30N4O4S. The van der Waals surface area contributed by atoms with Gasteiger partial charge in [-0.15, -0.1) is 0 Å². The number of hydrazone groups is 1. The molecule has 1 fully saturated rings. The summed E-state index contributed by atoms with van der Waals surface area (Å²) in [5.74, 6) is -0.474. The number of phenolic OH excluding ortho intramolecular Hbond substituents is 1. The van der Waals surface area contributed by atoms with E-state index in [0.29, 0.717) is 18.7 Å². The Morgan fingerprint density at radius 2 is 1.84 bits per heavy atom. The number of carbonyl (C=O) groups is 1. The van der Waals surface area contributed by atoms with Crippen LogP contribution in [0.15, 0.2) is 52.5 Å². The van der Waals surface area contributed by atoms with Crippen molar-refractivity contribution in [3.8, 4) is 5.75 Å². The molecule has 9 heteroatoms. The van der Waals surface area contributed by atoms with Crippen LogP contribution in [0.2, 0.25) is 0 Å². The summed E-state index contributed by atoms with van der Waals surface area (Å²) in [5, 5.41) is 14.2. The summed E-state index contributed by atoms with van der Waals surface area (Å²) in [4.78, 5) is 14.7. The molecular weight excluding hydrogens is 428 g/mol. The second-order valence-corrected chi connectivity index (χ2v) is 9.55. The third kappa shape index (κ3) is 5.46. The Morgan fingerprint density at radius 1 is 1.12 bits per heavy atom. The van der Waals surface area contributed by atoms with Gasteiger partial charge in [-0.1, -0.05) is 12.5 Å². The quantitative estimate of drug-likeness (QED) is 0.467. The Labute approximate surface area is 189 Å². The van der Waals surface area contributed by atoms with Crippen molar-refractivity contribution < 1.29 is 18.3 Å². The third-order valence-corrected chi connectivity index (χ3v) is 7.46. The van der Waals surface area contributed by atoms with E-state index in [1.165, 1.54) is 28.7 Å². The first-order valence-corrected chi connectivity index (χ1v) is 12.3. The SMILES string of the molecule is CCN(CC)c1ccc(C=NNC(=O)c2cccc(S(=O)(=O)N3CCCCC3)c2)c(O)c1. The highest BCUT2D eigenvalue weighted by Crippen LogP contribution is 2.24. The zero-order valence-corrected chi connectivity index (χ0v) is 19.3. The van der Waals surface area contributed by atoms with Crippen molar-refractivity contribution in [3.63, 3.8) is 0 Å². The minimum Gasteiger partial charge on any atom is -0.507 e. The number of phenols is 1. The molecule has 2 N–H and O–H groups in total. The molecule has 0 radical (unpaired) electrons. The van der Waals surface area contributed by atoms with E-state index in [9.17, 15) is 18.3 Å². The predicted molar refractivity (Wildman–Crippen MR) is 126 cm³/mol. The normalized spacial score (nSPS) is 15.1. The third-order valence-electron chi connectivity index (χ3n) is 5.56. The van der Waals surface area contributed by atoms with Gasteiger partial charge in [0.2, 0.25) is 10.0 Å². The highest BCUT2D eigenvalue weighted by molar-refractivity contribution is 7.89. The molecule has 0 bridgehead atoms. The smallest absolute Gasteiger partial charge is 0.271 e. The lowest BCUT2D eigenvalue weighted by atomic mass is 10.2. The number of rotatable bonds is 8. The second-order valence-electron chi connectivity index (χ2n) is 7.61. The molecule has 2 aromatic rings. The zero-order valence-electron chi connectivity index (χ0n) is 18.5. The number of aromatic hydroxyl groups is 1. The summed E-state index contributed by atoms with van der Waals surface area (Å²) in [5.41, 5.74) is 3.95. The minimum absolute atomic E-state index is 0.0574. The number of carbonyl (C=O) groups excluding carboxylic acids is 1. The van der Waals surface area contributed by atoms with Gasteiger partial charge >= 0.3 is 0 Å². The zero-order chi connectivity index (χ0) is 23.1. The Bertz CT molecular complexity index is 1080. The average Bonchev–Trinajstić information content (AvgIpc) is 2.81. The van der Waals surface area contributed by atoms with Crippen molar-refractivity contribution in [2.75, 3.05) is 31.1 Å². The molecule has 1 saturated heterocycles. The van der Waals surface area contributed by atoms with E-state index in [1.807, 2.05) is 19.9 Å². The fourth-order valence-electron chi connectivity index (χ4n) is 3.70. The van der Waals surface area contributed by atoms with E-state index >= 15 is 0 Å². The van der Waals surface area contributed by atoms with Gasteiger partial charge in [0.05, 0.1) is 11.1 Å². The molecule has 172 valence electrons. The van der Waals surface area contributed by atoms with Crippen molar-refractivity contribution in [2.24, 2.45) is 5.10 Å². The largest absolute Gasteiger partial charge is 0.507 e. The maximum absolute atomic E-state index is 12.9. The van der Waals surface area contributed by atoms with Crippen molar-refractivity contribution in [2.45, 2.75) is 38.0 Å². The Balaban J connectivity index is 1.69. The molecule has 0 spiro atoms. The molecule has 0 unspecified atom stereocenters. The second kappa shape index (κ2) is 10.6. The maximum Gasteiger partial charge on any atom is 0.271 e. The van der Waals surface area contributed by atoms with E-state index in [0.717, 1.165) is 38.0 Å². The lowest BCUT2D eigenvalue weighted by Crippen LogP contribution is -2.35. The van der Waals surface area contributed by atoms with Crippen LogP contribution in [0.5, 0.6) is 5.75 Å². The van der Waals surface area contributed by atoms with Crippen LogP contribution < -0.4 is 10.3 Å². The van der Waals surface area contributed by atoms with Gasteiger partial charge in [-0.05, 0) is 57.0 Å². The van der Waals surface area contributed by atoms with Gasteiger partial charge < -0.3 is 10.0 Å². The molecule has 32 heavy (non-hydrogen) atoms. The maximum atomic E-state index is 12.9. The summed E-state index contributed by atoms with van der Waals surface area (Å²) >= 11 is 0. The van der Waals surface area contributed by atoms with E-state index in [2.05, 4.69) is 15.4 Å². The molecule has 0 aromatic heterocycles. The number of nitrogens with one attached hydrogen (secondary N) is 1. The van der Waals surface area contributed by atoms with Gasteiger partial charge in [-0.2, -0.15) is 9.41 Å². The molecule has 1 aliphatic rings. The van der Waals surface area contributed by atoms with E-state index in [-0.39, 0.29) is 16.2 Å². The molecule has 0 aliphatic carbocycles. The molecule has 2 aromatic carbocycles. The molecule has 1 amide bonds. The van der Waals surface area contributed by atoms with Crippen molar-refractivity contribution >= 4 is 27.8 Å². The van der Waals surface area contributed by atoms with Crippen LogP contribution in [0.1, 0.15) is 49.0 Å². The number of nitrogens with zero attached hydrogens (tertiary/aromatic N) is 3. The molecule has 1 heterocycles. The number of hydrogen-bond acceptors (Lipinski definition) is 6. The van der Waals surface area contributed by atoms with Crippen molar-refractivity contribution in [1.82, 2.24) is 9.73 Å². The van der Waals surface area contributed by atoms with E-state index < -0.39 is 15.9 Å². The standard InChI is InChI=1S/C23H30N4O4S/c1-3-26(4-2)20-12-11-19(22(28)16-20)17-24-25-23(29)18-9-8-10-21(15-18)32(30,31)27-13-6-5-7-14-27/h8-12,15-17,28H,3-7,13-14H2,1-2H3,(H,25,29). The van der Waals surface area contributed by atoms with Gasteiger partial charge in [0, 0.05) is 49.1 Å². The van der Waals surface area contributed by atoms with Crippen LogP contribution >= 0.6 is 0 Å². The summed E-state index contributed by atoms with van der Waals surface area (Å²) in [6.07, 6.45) is 4.07.